The summed E-state index contributed by atoms with van der Waals surface area (Å²) in [6.45, 7) is 3.44. The molecular weight excluding hydrogens is 424 g/mol. The first-order valence-electron chi connectivity index (χ1n) is 10.0. The summed E-state index contributed by atoms with van der Waals surface area (Å²) in [5.74, 6) is 0.356. The van der Waals surface area contributed by atoms with Crippen LogP contribution in [-0.2, 0) is 4.79 Å². The van der Waals surface area contributed by atoms with E-state index in [9.17, 15) is 9.59 Å². The zero-order valence-electron chi connectivity index (χ0n) is 17.9. The number of thiazole rings is 1. The van der Waals surface area contributed by atoms with Crippen molar-refractivity contribution in [1.82, 2.24) is 15.3 Å². The van der Waals surface area contributed by atoms with E-state index in [2.05, 4.69) is 20.6 Å². The standard InChI is InChI=1S/C24H22N4O3S/c1-14(25-15(2)29)16-4-6-17(7-5-16)22-13-32-24(27-22)28-23(30)21-10-8-18-12-19(31-3)9-11-20(18)26-21/h4-14H,1-3H3,(H,25,29)(H,27,28,30)/t14-/m1/s1. The lowest BCUT2D eigenvalue weighted by Gasteiger charge is -2.13. The Morgan fingerprint density at radius 1 is 1.03 bits per heavy atom. The highest BCUT2D eigenvalue weighted by molar-refractivity contribution is 7.14. The van der Waals surface area contributed by atoms with Crippen LogP contribution >= 0.6 is 11.3 Å². The van der Waals surface area contributed by atoms with Crippen LogP contribution in [0.4, 0.5) is 5.13 Å². The van der Waals surface area contributed by atoms with Gasteiger partial charge in [0.15, 0.2) is 5.13 Å². The third kappa shape index (κ3) is 4.76. The lowest BCUT2D eigenvalue weighted by atomic mass is 10.1. The highest BCUT2D eigenvalue weighted by Gasteiger charge is 2.13. The number of anilines is 1. The molecular formula is C24H22N4O3S. The van der Waals surface area contributed by atoms with E-state index in [1.54, 1.807) is 13.2 Å². The van der Waals surface area contributed by atoms with Crippen molar-refractivity contribution in [3.8, 4) is 17.0 Å². The fraction of sp³-hybridized carbons (Fsp3) is 0.167. The van der Waals surface area contributed by atoms with Gasteiger partial charge in [0.25, 0.3) is 5.91 Å². The minimum absolute atomic E-state index is 0.0672. The van der Waals surface area contributed by atoms with Gasteiger partial charge in [0.2, 0.25) is 5.91 Å². The van der Waals surface area contributed by atoms with Gasteiger partial charge in [-0.05, 0) is 36.8 Å². The third-order valence-corrected chi connectivity index (χ3v) is 5.74. The molecule has 162 valence electrons. The van der Waals surface area contributed by atoms with Crippen LogP contribution < -0.4 is 15.4 Å². The molecule has 4 rings (SSSR count). The molecule has 1 atom stereocenters. The molecule has 0 fully saturated rings. The van der Waals surface area contributed by atoms with Gasteiger partial charge >= 0.3 is 0 Å². The van der Waals surface area contributed by atoms with Crippen molar-refractivity contribution in [2.75, 3.05) is 12.4 Å². The average molecular weight is 447 g/mol. The Kier molecular flexibility index (Phi) is 6.13. The fourth-order valence-corrected chi connectivity index (χ4v) is 4.03. The van der Waals surface area contributed by atoms with E-state index in [1.807, 2.05) is 60.8 Å². The second kappa shape index (κ2) is 9.15. The highest BCUT2D eigenvalue weighted by atomic mass is 32.1. The first kappa shape index (κ1) is 21.5. The number of methoxy groups -OCH3 is 1. The number of hydrogen-bond acceptors (Lipinski definition) is 6. The van der Waals surface area contributed by atoms with Crippen LogP contribution in [0.5, 0.6) is 5.75 Å². The summed E-state index contributed by atoms with van der Waals surface area (Å²) in [5, 5.41) is 8.97. The summed E-state index contributed by atoms with van der Waals surface area (Å²) in [7, 11) is 1.61. The van der Waals surface area contributed by atoms with E-state index in [-0.39, 0.29) is 17.9 Å². The normalized spacial score (nSPS) is 11.7. The minimum Gasteiger partial charge on any atom is -0.497 e. The van der Waals surface area contributed by atoms with Crippen molar-refractivity contribution >= 4 is 39.2 Å². The molecule has 0 aliphatic heterocycles. The lowest BCUT2D eigenvalue weighted by molar-refractivity contribution is -0.119. The maximum absolute atomic E-state index is 12.7. The number of carbonyl (C=O) groups excluding carboxylic acids is 2. The molecule has 0 aliphatic rings. The predicted octanol–water partition coefficient (Wildman–Crippen LogP) is 4.82. The lowest BCUT2D eigenvalue weighted by Crippen LogP contribution is -2.23. The second-order valence-electron chi connectivity index (χ2n) is 7.29. The van der Waals surface area contributed by atoms with E-state index in [1.165, 1.54) is 18.3 Å². The van der Waals surface area contributed by atoms with Crippen molar-refractivity contribution in [2.45, 2.75) is 19.9 Å². The number of pyridine rings is 1. The molecule has 0 spiro atoms. The van der Waals surface area contributed by atoms with Gasteiger partial charge in [0.05, 0.1) is 24.4 Å². The van der Waals surface area contributed by atoms with Gasteiger partial charge in [-0.3, -0.25) is 14.9 Å². The van der Waals surface area contributed by atoms with E-state index >= 15 is 0 Å². The summed E-state index contributed by atoms with van der Waals surface area (Å²) >= 11 is 1.35. The maximum Gasteiger partial charge on any atom is 0.276 e. The van der Waals surface area contributed by atoms with Crippen molar-refractivity contribution in [3.63, 3.8) is 0 Å². The van der Waals surface area contributed by atoms with Gasteiger partial charge in [-0.1, -0.05) is 30.3 Å². The van der Waals surface area contributed by atoms with E-state index in [4.69, 9.17) is 4.74 Å². The zero-order chi connectivity index (χ0) is 22.7. The summed E-state index contributed by atoms with van der Waals surface area (Å²) in [5.41, 5.74) is 3.73. The number of benzene rings is 2. The van der Waals surface area contributed by atoms with Gasteiger partial charge in [-0.2, -0.15) is 0 Å². The van der Waals surface area contributed by atoms with Crippen molar-refractivity contribution in [2.24, 2.45) is 0 Å². The zero-order valence-corrected chi connectivity index (χ0v) is 18.7. The van der Waals surface area contributed by atoms with Crippen LogP contribution in [0.3, 0.4) is 0 Å². The van der Waals surface area contributed by atoms with Crippen LogP contribution in [0.15, 0.2) is 60.0 Å². The number of aromatic nitrogens is 2. The van der Waals surface area contributed by atoms with Crippen molar-refractivity contribution in [1.29, 1.82) is 0 Å². The second-order valence-corrected chi connectivity index (χ2v) is 8.15. The Labute approximate surface area is 189 Å². The highest BCUT2D eigenvalue weighted by Crippen LogP contribution is 2.27. The van der Waals surface area contributed by atoms with Crippen LogP contribution in [-0.4, -0.2) is 28.9 Å². The van der Waals surface area contributed by atoms with E-state index in [0.29, 0.717) is 16.3 Å². The van der Waals surface area contributed by atoms with Gasteiger partial charge in [-0.25, -0.2) is 9.97 Å². The van der Waals surface area contributed by atoms with Crippen LogP contribution in [0, 0.1) is 0 Å². The number of rotatable bonds is 6. The molecule has 0 radical (unpaired) electrons. The molecule has 2 heterocycles. The molecule has 7 nitrogen and oxygen atoms in total. The summed E-state index contributed by atoms with van der Waals surface area (Å²) in [6, 6.07) is 16.8. The Morgan fingerprint density at radius 2 is 1.81 bits per heavy atom. The van der Waals surface area contributed by atoms with Gasteiger partial charge < -0.3 is 10.1 Å². The molecule has 2 aromatic heterocycles. The smallest absolute Gasteiger partial charge is 0.276 e. The van der Waals surface area contributed by atoms with Gasteiger partial charge in [0, 0.05) is 23.3 Å². The number of ether oxygens (including phenoxy) is 1. The van der Waals surface area contributed by atoms with Gasteiger partial charge in [-0.15, -0.1) is 11.3 Å². The number of hydrogen-bond donors (Lipinski definition) is 2. The molecule has 0 unspecified atom stereocenters. The summed E-state index contributed by atoms with van der Waals surface area (Å²) in [4.78, 5) is 32.9. The molecule has 0 bridgehead atoms. The molecule has 0 saturated heterocycles. The number of fused-ring (bicyclic) bond motifs is 1. The average Bonchev–Trinajstić information content (AvgIpc) is 3.26. The number of amides is 2. The molecule has 2 N–H and O–H groups in total. The molecule has 32 heavy (non-hydrogen) atoms. The van der Waals surface area contributed by atoms with E-state index < -0.39 is 0 Å². The summed E-state index contributed by atoms with van der Waals surface area (Å²) in [6.07, 6.45) is 0. The number of nitrogens with zero attached hydrogens (tertiary/aromatic N) is 2. The van der Waals surface area contributed by atoms with Crippen LogP contribution in [0.1, 0.15) is 35.9 Å². The van der Waals surface area contributed by atoms with Gasteiger partial charge in [0.1, 0.15) is 11.4 Å². The number of nitrogens with one attached hydrogen (secondary N) is 2. The van der Waals surface area contributed by atoms with E-state index in [0.717, 1.165) is 28.0 Å². The fourth-order valence-electron chi connectivity index (χ4n) is 3.31. The SMILES string of the molecule is COc1ccc2nc(C(=O)Nc3nc(-c4ccc([C@@H](C)NC(C)=O)cc4)cs3)ccc2c1. The quantitative estimate of drug-likeness (QED) is 0.443. The van der Waals surface area contributed by atoms with Crippen LogP contribution in [0.25, 0.3) is 22.2 Å². The Bertz CT molecular complexity index is 1280. The third-order valence-electron chi connectivity index (χ3n) is 4.98. The predicted molar refractivity (Wildman–Crippen MR) is 126 cm³/mol. The minimum atomic E-state index is -0.317. The molecule has 2 aromatic carbocycles. The van der Waals surface area contributed by atoms with Crippen LogP contribution in [0.2, 0.25) is 0 Å². The first-order chi connectivity index (χ1) is 15.4. The Hall–Kier alpha value is -3.78. The first-order valence-corrected chi connectivity index (χ1v) is 10.9. The topological polar surface area (TPSA) is 93.2 Å². The maximum atomic E-state index is 12.7. The van der Waals surface area contributed by atoms with Crippen molar-refractivity contribution < 1.29 is 14.3 Å². The Morgan fingerprint density at radius 3 is 2.53 bits per heavy atom. The molecule has 0 saturated carbocycles. The molecule has 8 heteroatoms. The summed E-state index contributed by atoms with van der Waals surface area (Å²) < 4.78 is 5.22. The Balaban J connectivity index is 1.46. The number of carbonyl (C=O) groups is 2. The largest absolute Gasteiger partial charge is 0.497 e. The van der Waals surface area contributed by atoms with Crippen molar-refractivity contribution in [3.05, 3.63) is 71.2 Å². The monoisotopic (exact) mass is 446 g/mol. The molecule has 4 aromatic rings. The molecule has 0 aliphatic carbocycles. The molecule has 2 amide bonds.